The molecule has 2 N–H and O–H groups in total. The summed E-state index contributed by atoms with van der Waals surface area (Å²) in [5.74, 6) is 0. The van der Waals surface area contributed by atoms with E-state index in [0.29, 0.717) is 4.99 Å². The number of hydrogen-bond donors (Lipinski definition) is 1. The maximum absolute atomic E-state index is 11.9. The quantitative estimate of drug-likeness (QED) is 0.768. The fourth-order valence-electron chi connectivity index (χ4n) is 2.88. The van der Waals surface area contributed by atoms with Gasteiger partial charge in [0.05, 0.1) is 4.99 Å². The molecule has 3 aliphatic rings. The van der Waals surface area contributed by atoms with Crippen molar-refractivity contribution in [2.45, 2.75) is 51.2 Å². The highest BCUT2D eigenvalue weighted by Crippen LogP contribution is 2.69. The van der Waals surface area contributed by atoms with Gasteiger partial charge in [-0.25, -0.2) is 4.79 Å². The van der Waals surface area contributed by atoms with Crippen LogP contribution in [0.1, 0.15) is 40.0 Å². The van der Waals surface area contributed by atoms with E-state index in [1.165, 1.54) is 0 Å². The largest absolute Gasteiger partial charge is 0.444 e. The Morgan fingerprint density at radius 1 is 1.35 bits per heavy atom. The molecule has 1 amide bonds. The Bertz CT molecular complexity index is 367. The molecule has 3 fully saturated rings. The molecule has 4 nitrogen and oxygen atoms in total. The van der Waals surface area contributed by atoms with Gasteiger partial charge < -0.3 is 15.4 Å². The summed E-state index contributed by atoms with van der Waals surface area (Å²) in [6.45, 7) is 5.62. The van der Waals surface area contributed by atoms with Crippen molar-refractivity contribution in [3.63, 3.8) is 0 Å². The van der Waals surface area contributed by atoms with Crippen LogP contribution in [0.25, 0.3) is 0 Å². The molecule has 0 atom stereocenters. The highest BCUT2D eigenvalue weighted by Gasteiger charge is 2.72. The minimum atomic E-state index is -0.449. The van der Waals surface area contributed by atoms with Crippen molar-refractivity contribution >= 4 is 23.3 Å². The predicted molar refractivity (Wildman–Crippen MR) is 69.8 cm³/mol. The van der Waals surface area contributed by atoms with Crippen LogP contribution in [0.3, 0.4) is 0 Å². The highest BCUT2D eigenvalue weighted by molar-refractivity contribution is 7.80. The Hall–Kier alpha value is -0.840. The van der Waals surface area contributed by atoms with Crippen LogP contribution >= 0.6 is 12.2 Å². The summed E-state index contributed by atoms with van der Waals surface area (Å²) in [5, 5.41) is 0. The molecule has 0 aromatic carbocycles. The molecule has 0 saturated heterocycles. The molecule has 0 aromatic rings. The summed E-state index contributed by atoms with van der Waals surface area (Å²) in [4.78, 5) is 14.3. The van der Waals surface area contributed by atoms with Crippen molar-refractivity contribution < 1.29 is 9.53 Å². The fraction of sp³-hybridized carbons (Fsp3) is 0.833. The maximum Gasteiger partial charge on any atom is 0.410 e. The van der Waals surface area contributed by atoms with Crippen LogP contribution in [-0.4, -0.2) is 34.2 Å². The van der Waals surface area contributed by atoms with Gasteiger partial charge >= 0.3 is 6.09 Å². The zero-order valence-electron chi connectivity index (χ0n) is 10.9. The number of thiocarbonyl (C=S) groups is 1. The van der Waals surface area contributed by atoms with Crippen LogP contribution < -0.4 is 5.73 Å². The first kappa shape index (κ1) is 12.6. The smallest absolute Gasteiger partial charge is 0.410 e. The number of nitrogens with two attached hydrogens (primary N) is 1. The monoisotopic (exact) mass is 256 g/mol. The SMILES string of the molecule is CN(C(=O)OC(C)(C)C)C12CC(C(N)=S)(C1)C2. The lowest BCUT2D eigenvalue weighted by molar-refractivity contribution is -0.162. The predicted octanol–water partition coefficient (Wildman–Crippen LogP) is 2.06. The number of hydrogen-bond acceptors (Lipinski definition) is 3. The zero-order valence-corrected chi connectivity index (χ0v) is 11.7. The zero-order chi connectivity index (χ0) is 13.1. The van der Waals surface area contributed by atoms with Crippen molar-refractivity contribution in [1.29, 1.82) is 0 Å². The molecule has 17 heavy (non-hydrogen) atoms. The Labute approximate surface area is 107 Å². The molecule has 0 spiro atoms. The normalized spacial score (nSPS) is 34.4. The standard InChI is InChI=1S/C12H20N2O2S/c1-10(2,3)16-9(15)14(4)12-5-11(6-12,7-12)8(13)17/h5-7H2,1-4H3,(H2,13,17). The van der Waals surface area contributed by atoms with E-state index in [2.05, 4.69) is 0 Å². The van der Waals surface area contributed by atoms with Gasteiger partial charge in [-0.05, 0) is 40.0 Å². The topological polar surface area (TPSA) is 55.6 Å². The molecule has 0 radical (unpaired) electrons. The summed E-state index contributed by atoms with van der Waals surface area (Å²) in [6, 6.07) is 0. The molecule has 96 valence electrons. The minimum absolute atomic E-state index is 0.0333. The van der Waals surface area contributed by atoms with Crippen molar-refractivity contribution in [2.24, 2.45) is 11.1 Å². The number of ether oxygens (including phenoxy) is 1. The molecule has 0 aromatic heterocycles. The van der Waals surface area contributed by atoms with Gasteiger partial charge in [-0.3, -0.25) is 0 Å². The van der Waals surface area contributed by atoms with E-state index >= 15 is 0 Å². The average Bonchev–Trinajstić information content (AvgIpc) is 1.93. The van der Waals surface area contributed by atoms with Crippen molar-refractivity contribution in [3.05, 3.63) is 0 Å². The van der Waals surface area contributed by atoms with Gasteiger partial charge in [0, 0.05) is 18.0 Å². The van der Waals surface area contributed by atoms with Crippen molar-refractivity contribution in [1.82, 2.24) is 4.90 Å². The van der Waals surface area contributed by atoms with Crippen LogP contribution in [0.4, 0.5) is 4.79 Å². The second-order valence-electron chi connectivity index (χ2n) is 6.44. The van der Waals surface area contributed by atoms with Gasteiger partial charge in [0.1, 0.15) is 5.60 Å². The molecule has 3 aliphatic carbocycles. The lowest BCUT2D eigenvalue weighted by Gasteiger charge is -2.72. The Morgan fingerprint density at radius 3 is 2.18 bits per heavy atom. The van der Waals surface area contributed by atoms with E-state index in [4.69, 9.17) is 22.7 Å². The number of nitrogens with zero attached hydrogens (tertiary/aromatic N) is 1. The maximum atomic E-state index is 11.9. The van der Waals surface area contributed by atoms with Gasteiger partial charge in [0.2, 0.25) is 0 Å². The highest BCUT2D eigenvalue weighted by atomic mass is 32.1. The lowest BCUT2D eigenvalue weighted by Crippen LogP contribution is -2.77. The van der Waals surface area contributed by atoms with Crippen LogP contribution in [0.5, 0.6) is 0 Å². The van der Waals surface area contributed by atoms with Crippen LogP contribution in [-0.2, 0) is 4.74 Å². The molecule has 0 heterocycles. The molecule has 5 heteroatoms. The Balaban J connectivity index is 1.94. The van der Waals surface area contributed by atoms with Crippen LogP contribution in [0, 0.1) is 5.41 Å². The van der Waals surface area contributed by atoms with Gasteiger partial charge in [-0.1, -0.05) is 12.2 Å². The number of rotatable bonds is 2. The molecule has 0 aliphatic heterocycles. The fourth-order valence-corrected chi connectivity index (χ4v) is 3.09. The lowest BCUT2D eigenvalue weighted by atomic mass is 9.39. The van der Waals surface area contributed by atoms with E-state index in [9.17, 15) is 4.79 Å². The average molecular weight is 256 g/mol. The van der Waals surface area contributed by atoms with Crippen molar-refractivity contribution in [2.75, 3.05) is 7.05 Å². The molecular formula is C12H20N2O2S. The van der Waals surface area contributed by atoms with E-state index in [1.54, 1.807) is 11.9 Å². The Kier molecular flexibility index (Phi) is 2.48. The van der Waals surface area contributed by atoms with E-state index in [0.717, 1.165) is 19.3 Å². The summed E-state index contributed by atoms with van der Waals surface area (Å²) < 4.78 is 5.36. The van der Waals surface area contributed by atoms with Gasteiger partial charge in [0.15, 0.2) is 0 Å². The second kappa shape index (κ2) is 3.34. The number of amides is 1. The van der Waals surface area contributed by atoms with Gasteiger partial charge in [0.25, 0.3) is 0 Å². The second-order valence-corrected chi connectivity index (χ2v) is 6.88. The third kappa shape index (κ3) is 1.80. The number of carbonyl (C=O) groups is 1. The van der Waals surface area contributed by atoms with Gasteiger partial charge in [-0.15, -0.1) is 0 Å². The third-order valence-electron chi connectivity index (χ3n) is 3.90. The summed E-state index contributed by atoms with van der Waals surface area (Å²) in [7, 11) is 1.80. The van der Waals surface area contributed by atoms with Crippen LogP contribution in [0.15, 0.2) is 0 Å². The molecular weight excluding hydrogens is 236 g/mol. The summed E-state index contributed by atoms with van der Waals surface area (Å²) >= 11 is 5.05. The van der Waals surface area contributed by atoms with Crippen molar-refractivity contribution in [3.8, 4) is 0 Å². The molecule has 3 rings (SSSR count). The summed E-state index contributed by atoms with van der Waals surface area (Å²) in [6.07, 6.45) is 2.43. The first-order chi connectivity index (χ1) is 7.60. The summed E-state index contributed by atoms with van der Waals surface area (Å²) in [5.41, 5.74) is 5.24. The number of carbonyl (C=O) groups excluding carboxylic acids is 1. The molecule has 2 bridgehead atoms. The molecule has 0 unspecified atom stereocenters. The molecule has 3 saturated carbocycles. The first-order valence-electron chi connectivity index (χ1n) is 5.87. The van der Waals surface area contributed by atoms with E-state index in [1.807, 2.05) is 20.8 Å². The van der Waals surface area contributed by atoms with Gasteiger partial charge in [-0.2, -0.15) is 0 Å². The van der Waals surface area contributed by atoms with E-state index in [-0.39, 0.29) is 17.0 Å². The van der Waals surface area contributed by atoms with E-state index < -0.39 is 5.60 Å². The third-order valence-corrected chi connectivity index (χ3v) is 4.34. The Morgan fingerprint density at radius 2 is 1.82 bits per heavy atom. The van der Waals surface area contributed by atoms with Crippen LogP contribution in [0.2, 0.25) is 0 Å². The minimum Gasteiger partial charge on any atom is -0.444 e. The first-order valence-corrected chi connectivity index (χ1v) is 6.28.